The average Bonchev–Trinajstić information content (AvgIpc) is 2.16. The minimum Gasteiger partial charge on any atom is -0.507 e. The van der Waals surface area contributed by atoms with Crippen molar-refractivity contribution in [2.75, 3.05) is 0 Å². The van der Waals surface area contributed by atoms with E-state index < -0.39 is 5.97 Å². The number of carbonyl (C=O) groups is 1. The molecule has 14 heavy (non-hydrogen) atoms. The number of rotatable bonds is 2. The monoisotopic (exact) mass is 191 g/mol. The van der Waals surface area contributed by atoms with Gasteiger partial charge in [-0.15, -0.1) is 0 Å². The Hall–Kier alpha value is -2.02. The van der Waals surface area contributed by atoms with Crippen molar-refractivity contribution >= 4 is 5.97 Å². The van der Waals surface area contributed by atoms with Crippen LogP contribution in [0.2, 0.25) is 0 Å². The molecule has 0 aliphatic carbocycles. The summed E-state index contributed by atoms with van der Waals surface area (Å²) in [6, 6.07) is 4.41. The van der Waals surface area contributed by atoms with Crippen LogP contribution in [0.5, 0.6) is 5.75 Å². The molecule has 4 heteroatoms. The lowest BCUT2D eigenvalue weighted by Crippen LogP contribution is -1.99. The van der Waals surface area contributed by atoms with Gasteiger partial charge in [-0.2, -0.15) is 5.26 Å². The predicted molar refractivity (Wildman–Crippen MR) is 49.2 cm³/mol. The molecule has 1 rings (SSSR count). The number of phenols is 1. The lowest BCUT2D eigenvalue weighted by molar-refractivity contribution is 0.0693. The summed E-state index contributed by atoms with van der Waals surface area (Å²) in [5.41, 5.74) is 0.705. The SMILES string of the molecule is CCc1cc(O)c(C(=O)O)cc1C#N. The number of aromatic hydroxyl groups is 1. The van der Waals surface area contributed by atoms with Gasteiger partial charge in [0.2, 0.25) is 0 Å². The van der Waals surface area contributed by atoms with E-state index in [0.29, 0.717) is 17.5 Å². The molecule has 0 atom stereocenters. The highest BCUT2D eigenvalue weighted by molar-refractivity contribution is 5.91. The molecule has 0 saturated heterocycles. The molecule has 0 aliphatic heterocycles. The fraction of sp³-hybridized carbons (Fsp3) is 0.200. The van der Waals surface area contributed by atoms with E-state index in [9.17, 15) is 9.90 Å². The second-order valence-electron chi connectivity index (χ2n) is 2.80. The molecule has 72 valence electrons. The third-order valence-electron chi connectivity index (χ3n) is 1.95. The Labute approximate surface area is 81.0 Å². The summed E-state index contributed by atoms with van der Waals surface area (Å²) in [6.45, 7) is 1.83. The first-order valence-corrected chi connectivity index (χ1v) is 4.09. The van der Waals surface area contributed by atoms with Gasteiger partial charge < -0.3 is 10.2 Å². The van der Waals surface area contributed by atoms with Gasteiger partial charge in [-0.25, -0.2) is 4.79 Å². The van der Waals surface area contributed by atoms with Crippen LogP contribution in [0.4, 0.5) is 0 Å². The quantitative estimate of drug-likeness (QED) is 0.742. The van der Waals surface area contributed by atoms with Crippen molar-refractivity contribution in [2.24, 2.45) is 0 Å². The second-order valence-corrected chi connectivity index (χ2v) is 2.80. The zero-order valence-corrected chi connectivity index (χ0v) is 7.61. The standard InChI is InChI=1S/C10H9NO3/c1-2-6-4-9(12)8(10(13)14)3-7(6)5-11/h3-4,12H,2H2,1H3,(H,13,14). The normalized spacial score (nSPS) is 9.43. The van der Waals surface area contributed by atoms with Crippen LogP contribution in [0, 0.1) is 11.3 Å². The van der Waals surface area contributed by atoms with E-state index in [1.165, 1.54) is 12.1 Å². The molecule has 0 amide bonds. The van der Waals surface area contributed by atoms with E-state index in [-0.39, 0.29) is 11.3 Å². The van der Waals surface area contributed by atoms with Gasteiger partial charge in [0, 0.05) is 0 Å². The molecule has 0 radical (unpaired) electrons. The second kappa shape index (κ2) is 3.79. The first-order valence-electron chi connectivity index (χ1n) is 4.09. The molecular formula is C10H9NO3. The molecule has 1 aromatic carbocycles. The number of aromatic carboxylic acids is 1. The van der Waals surface area contributed by atoms with Gasteiger partial charge >= 0.3 is 5.97 Å². The predicted octanol–water partition coefficient (Wildman–Crippen LogP) is 1.52. The largest absolute Gasteiger partial charge is 0.507 e. The maximum atomic E-state index is 10.6. The van der Waals surface area contributed by atoms with Gasteiger partial charge in [-0.1, -0.05) is 6.92 Å². The maximum Gasteiger partial charge on any atom is 0.339 e. The highest BCUT2D eigenvalue weighted by Crippen LogP contribution is 2.22. The molecule has 0 aromatic heterocycles. The van der Waals surface area contributed by atoms with Gasteiger partial charge in [-0.05, 0) is 24.1 Å². The molecule has 0 fully saturated rings. The van der Waals surface area contributed by atoms with Gasteiger partial charge in [0.15, 0.2) is 0 Å². The Bertz CT molecular complexity index is 418. The van der Waals surface area contributed by atoms with Crippen LogP contribution in [0.15, 0.2) is 12.1 Å². The van der Waals surface area contributed by atoms with Crippen molar-refractivity contribution in [1.29, 1.82) is 5.26 Å². The van der Waals surface area contributed by atoms with E-state index in [1.807, 2.05) is 13.0 Å². The Kier molecular flexibility index (Phi) is 2.73. The number of nitriles is 1. The van der Waals surface area contributed by atoms with E-state index in [1.54, 1.807) is 0 Å². The molecule has 0 heterocycles. The van der Waals surface area contributed by atoms with Gasteiger partial charge in [0.25, 0.3) is 0 Å². The number of carboxylic acid groups (broad SMARTS) is 1. The third kappa shape index (κ3) is 1.67. The van der Waals surface area contributed by atoms with Gasteiger partial charge in [0.1, 0.15) is 11.3 Å². The first-order chi connectivity index (χ1) is 6.60. The number of hydrogen-bond donors (Lipinski definition) is 2. The van der Waals surface area contributed by atoms with Crippen molar-refractivity contribution in [3.63, 3.8) is 0 Å². The summed E-state index contributed by atoms with van der Waals surface area (Å²) in [6.07, 6.45) is 0.580. The highest BCUT2D eigenvalue weighted by Gasteiger charge is 2.13. The van der Waals surface area contributed by atoms with Crippen LogP contribution in [0.3, 0.4) is 0 Å². The highest BCUT2D eigenvalue weighted by atomic mass is 16.4. The van der Waals surface area contributed by atoms with E-state index in [0.717, 1.165) is 0 Å². The Morgan fingerprint density at radius 1 is 1.57 bits per heavy atom. The third-order valence-corrected chi connectivity index (χ3v) is 1.95. The van der Waals surface area contributed by atoms with E-state index in [2.05, 4.69) is 0 Å². The zero-order chi connectivity index (χ0) is 10.7. The van der Waals surface area contributed by atoms with Crippen LogP contribution in [-0.2, 0) is 6.42 Å². The van der Waals surface area contributed by atoms with Crippen LogP contribution < -0.4 is 0 Å². The van der Waals surface area contributed by atoms with Crippen LogP contribution >= 0.6 is 0 Å². The summed E-state index contributed by atoms with van der Waals surface area (Å²) in [4.78, 5) is 10.6. The summed E-state index contributed by atoms with van der Waals surface area (Å²) in [5.74, 6) is -1.53. The van der Waals surface area contributed by atoms with Crippen molar-refractivity contribution in [1.82, 2.24) is 0 Å². The molecule has 0 bridgehead atoms. The number of benzene rings is 1. The summed E-state index contributed by atoms with van der Waals surface area (Å²) in [5, 5.41) is 26.7. The topological polar surface area (TPSA) is 81.3 Å². The molecule has 0 unspecified atom stereocenters. The van der Waals surface area contributed by atoms with Crippen molar-refractivity contribution in [3.8, 4) is 11.8 Å². The molecule has 1 aromatic rings. The minimum atomic E-state index is -1.23. The number of hydrogen-bond acceptors (Lipinski definition) is 3. The van der Waals surface area contributed by atoms with Crippen molar-refractivity contribution < 1.29 is 15.0 Å². The molecular weight excluding hydrogens is 182 g/mol. The summed E-state index contributed by atoms with van der Waals surface area (Å²) < 4.78 is 0. The van der Waals surface area contributed by atoms with Crippen molar-refractivity contribution in [3.05, 3.63) is 28.8 Å². The van der Waals surface area contributed by atoms with Gasteiger partial charge in [-0.3, -0.25) is 0 Å². The molecule has 0 spiro atoms. The molecule has 2 N–H and O–H groups in total. The van der Waals surface area contributed by atoms with Crippen LogP contribution in [0.25, 0.3) is 0 Å². The Morgan fingerprint density at radius 3 is 2.64 bits per heavy atom. The van der Waals surface area contributed by atoms with Gasteiger partial charge in [0.05, 0.1) is 11.6 Å². The molecule has 0 saturated carbocycles. The fourth-order valence-electron chi connectivity index (χ4n) is 1.20. The smallest absolute Gasteiger partial charge is 0.339 e. The average molecular weight is 191 g/mol. The number of aryl methyl sites for hydroxylation is 1. The molecule has 0 aliphatic rings. The van der Waals surface area contributed by atoms with Crippen LogP contribution in [0.1, 0.15) is 28.4 Å². The summed E-state index contributed by atoms with van der Waals surface area (Å²) in [7, 11) is 0. The summed E-state index contributed by atoms with van der Waals surface area (Å²) >= 11 is 0. The molecule has 4 nitrogen and oxygen atoms in total. The first kappa shape index (κ1) is 10.1. The zero-order valence-electron chi connectivity index (χ0n) is 7.61. The van der Waals surface area contributed by atoms with Crippen molar-refractivity contribution in [2.45, 2.75) is 13.3 Å². The Balaban J connectivity index is 3.40. The van der Waals surface area contributed by atoms with E-state index in [4.69, 9.17) is 10.4 Å². The lowest BCUT2D eigenvalue weighted by Gasteiger charge is -2.04. The lowest BCUT2D eigenvalue weighted by atomic mass is 10.0. The van der Waals surface area contributed by atoms with E-state index >= 15 is 0 Å². The van der Waals surface area contributed by atoms with Crippen LogP contribution in [-0.4, -0.2) is 16.2 Å². The Morgan fingerprint density at radius 2 is 2.21 bits per heavy atom. The minimum absolute atomic E-state index is 0.237. The fourth-order valence-corrected chi connectivity index (χ4v) is 1.20. The number of nitrogens with zero attached hydrogens (tertiary/aromatic N) is 1. The maximum absolute atomic E-state index is 10.6. The number of carboxylic acids is 1.